The average molecular weight is 245 g/mol. The maximum atomic E-state index is 10.4. The normalized spacial score (nSPS) is 10.1. The van der Waals surface area contributed by atoms with Gasteiger partial charge < -0.3 is 9.90 Å². The summed E-state index contributed by atoms with van der Waals surface area (Å²) in [5.74, 6) is -1.22. The number of carboxylic acids is 1. The van der Waals surface area contributed by atoms with Gasteiger partial charge in [0, 0.05) is 17.5 Å². The molecular formula is C12H9N2O2S-. The number of nitrogens with zero attached hydrogens (tertiary/aromatic N) is 2. The van der Waals surface area contributed by atoms with Crippen molar-refractivity contribution in [3.8, 4) is 11.1 Å². The van der Waals surface area contributed by atoms with E-state index < -0.39 is 5.97 Å². The number of thioether (sulfide) groups is 1. The quantitative estimate of drug-likeness (QED) is 0.593. The Hall–Kier alpha value is -1.88. The van der Waals surface area contributed by atoms with E-state index in [2.05, 4.69) is 9.97 Å². The van der Waals surface area contributed by atoms with E-state index >= 15 is 0 Å². The number of benzene rings is 1. The Morgan fingerprint density at radius 2 is 2.06 bits per heavy atom. The van der Waals surface area contributed by atoms with Gasteiger partial charge in [0.2, 0.25) is 0 Å². The van der Waals surface area contributed by atoms with Crippen molar-refractivity contribution < 1.29 is 9.90 Å². The van der Waals surface area contributed by atoms with Crippen LogP contribution in [0.15, 0.2) is 47.9 Å². The lowest BCUT2D eigenvalue weighted by Gasteiger charge is -2.07. The van der Waals surface area contributed by atoms with Crippen molar-refractivity contribution in [2.24, 2.45) is 0 Å². The molecule has 17 heavy (non-hydrogen) atoms. The van der Waals surface area contributed by atoms with Crippen molar-refractivity contribution in [2.45, 2.75) is 5.03 Å². The van der Waals surface area contributed by atoms with E-state index in [1.165, 1.54) is 6.33 Å². The van der Waals surface area contributed by atoms with Crippen LogP contribution in [0, 0.1) is 0 Å². The molecule has 0 saturated carbocycles. The molecular weight excluding hydrogens is 236 g/mol. The first-order chi connectivity index (χ1) is 8.27. The fourth-order valence-corrected chi connectivity index (χ4v) is 2.08. The van der Waals surface area contributed by atoms with Crippen LogP contribution in [0.5, 0.6) is 0 Å². The van der Waals surface area contributed by atoms with E-state index in [4.69, 9.17) is 0 Å². The third-order valence-corrected chi connectivity index (χ3v) is 3.07. The lowest BCUT2D eigenvalue weighted by Crippen LogP contribution is -2.24. The van der Waals surface area contributed by atoms with Crippen LogP contribution in [-0.2, 0) is 4.79 Å². The number of aromatic nitrogens is 2. The van der Waals surface area contributed by atoms with Crippen molar-refractivity contribution in [1.82, 2.24) is 9.97 Å². The Kier molecular flexibility index (Phi) is 3.72. The number of carbonyl (C=O) groups is 1. The van der Waals surface area contributed by atoms with Crippen LogP contribution in [0.25, 0.3) is 11.1 Å². The van der Waals surface area contributed by atoms with Crippen LogP contribution in [0.4, 0.5) is 0 Å². The molecule has 1 heterocycles. The average Bonchev–Trinajstić information content (AvgIpc) is 2.38. The van der Waals surface area contributed by atoms with E-state index in [1.807, 2.05) is 30.3 Å². The summed E-state index contributed by atoms with van der Waals surface area (Å²) in [6.07, 6.45) is 3.09. The highest BCUT2D eigenvalue weighted by atomic mass is 32.2. The smallest absolute Gasteiger partial charge is 0.116 e. The number of hydrogen-bond donors (Lipinski definition) is 0. The van der Waals surface area contributed by atoms with Crippen LogP contribution in [0.1, 0.15) is 0 Å². The van der Waals surface area contributed by atoms with Crippen LogP contribution in [-0.4, -0.2) is 21.7 Å². The molecule has 0 amide bonds. The monoisotopic (exact) mass is 245 g/mol. The highest BCUT2D eigenvalue weighted by Gasteiger charge is 2.06. The lowest BCUT2D eigenvalue weighted by molar-refractivity contribution is -0.301. The van der Waals surface area contributed by atoms with Gasteiger partial charge in [-0.05, 0) is 5.56 Å². The molecule has 0 saturated heterocycles. The minimum Gasteiger partial charge on any atom is -0.549 e. The van der Waals surface area contributed by atoms with Gasteiger partial charge in [0.15, 0.2) is 0 Å². The topological polar surface area (TPSA) is 65.9 Å². The largest absolute Gasteiger partial charge is 0.549 e. The van der Waals surface area contributed by atoms with Crippen molar-refractivity contribution >= 4 is 17.7 Å². The van der Waals surface area contributed by atoms with Gasteiger partial charge in [0.1, 0.15) is 11.4 Å². The zero-order chi connectivity index (χ0) is 12.1. The van der Waals surface area contributed by atoms with E-state index in [0.29, 0.717) is 5.03 Å². The number of aliphatic carboxylic acids is 1. The van der Waals surface area contributed by atoms with Crippen LogP contribution in [0.3, 0.4) is 0 Å². The SMILES string of the molecule is O=C([O-])CSc1ncncc1-c1ccccc1. The van der Waals surface area contributed by atoms with E-state index in [1.54, 1.807) is 6.20 Å². The summed E-state index contributed by atoms with van der Waals surface area (Å²) in [6.45, 7) is 0. The summed E-state index contributed by atoms with van der Waals surface area (Å²) in [5, 5.41) is 11.1. The number of hydrogen-bond acceptors (Lipinski definition) is 5. The standard InChI is InChI=1S/C12H10N2O2S/c15-11(16)7-17-12-10(6-13-8-14-12)9-4-2-1-3-5-9/h1-6,8H,7H2,(H,15,16)/p-1. The third-order valence-electron chi connectivity index (χ3n) is 2.09. The molecule has 0 fully saturated rings. The molecule has 0 unspecified atom stereocenters. The summed E-state index contributed by atoms with van der Waals surface area (Å²) < 4.78 is 0. The predicted molar refractivity (Wildman–Crippen MR) is 63.2 cm³/mol. The molecule has 0 aliphatic heterocycles. The van der Waals surface area contributed by atoms with E-state index in [9.17, 15) is 9.90 Å². The van der Waals surface area contributed by atoms with Gasteiger partial charge in [-0.15, -0.1) is 0 Å². The van der Waals surface area contributed by atoms with Gasteiger partial charge in [-0.3, -0.25) is 0 Å². The van der Waals surface area contributed by atoms with Crippen molar-refractivity contribution in [1.29, 1.82) is 0 Å². The Morgan fingerprint density at radius 3 is 2.76 bits per heavy atom. The molecule has 0 aliphatic carbocycles. The first-order valence-corrected chi connectivity index (χ1v) is 5.94. The van der Waals surface area contributed by atoms with Gasteiger partial charge in [0.25, 0.3) is 0 Å². The molecule has 0 N–H and O–H groups in total. The maximum Gasteiger partial charge on any atom is 0.116 e. The number of carboxylic acid groups (broad SMARTS) is 1. The van der Waals surface area contributed by atoms with Crippen molar-refractivity contribution in [2.75, 3.05) is 5.75 Å². The Labute approximate surface area is 103 Å². The molecule has 5 heteroatoms. The van der Waals surface area contributed by atoms with Gasteiger partial charge in [-0.25, -0.2) is 9.97 Å². The third kappa shape index (κ3) is 3.04. The van der Waals surface area contributed by atoms with Crippen molar-refractivity contribution in [3.63, 3.8) is 0 Å². The zero-order valence-electron chi connectivity index (χ0n) is 8.87. The zero-order valence-corrected chi connectivity index (χ0v) is 9.68. The molecule has 4 nitrogen and oxygen atoms in total. The molecule has 1 aromatic carbocycles. The second-order valence-corrected chi connectivity index (χ2v) is 4.23. The molecule has 1 aromatic heterocycles. The summed E-state index contributed by atoms with van der Waals surface area (Å²) in [5.41, 5.74) is 1.80. The molecule has 0 radical (unpaired) electrons. The minimum atomic E-state index is -1.10. The van der Waals surface area contributed by atoms with Gasteiger partial charge in [-0.2, -0.15) is 0 Å². The minimum absolute atomic E-state index is 0.114. The summed E-state index contributed by atoms with van der Waals surface area (Å²) in [4.78, 5) is 18.5. The summed E-state index contributed by atoms with van der Waals surface area (Å²) >= 11 is 1.14. The molecule has 2 rings (SSSR count). The molecule has 0 bridgehead atoms. The van der Waals surface area contributed by atoms with Gasteiger partial charge >= 0.3 is 0 Å². The molecule has 0 atom stereocenters. The van der Waals surface area contributed by atoms with Gasteiger partial charge in [0.05, 0.1) is 5.97 Å². The summed E-state index contributed by atoms with van der Waals surface area (Å²) in [6, 6.07) is 9.61. The lowest BCUT2D eigenvalue weighted by atomic mass is 10.1. The molecule has 86 valence electrons. The fourth-order valence-electron chi connectivity index (χ4n) is 1.38. The molecule has 0 aliphatic rings. The first-order valence-electron chi connectivity index (χ1n) is 4.95. The number of carbonyl (C=O) groups excluding carboxylic acids is 1. The fraction of sp³-hybridized carbons (Fsp3) is 0.0833. The first kappa shape index (κ1) is 11.6. The molecule has 0 spiro atoms. The second kappa shape index (κ2) is 5.45. The van der Waals surface area contributed by atoms with Crippen molar-refractivity contribution in [3.05, 3.63) is 42.9 Å². The summed E-state index contributed by atoms with van der Waals surface area (Å²) in [7, 11) is 0. The van der Waals surface area contributed by atoms with E-state index in [-0.39, 0.29) is 5.75 Å². The Balaban J connectivity index is 2.31. The Morgan fingerprint density at radius 1 is 1.29 bits per heavy atom. The highest BCUT2D eigenvalue weighted by Crippen LogP contribution is 2.28. The Bertz CT molecular complexity index is 517. The van der Waals surface area contributed by atoms with Gasteiger partial charge in [-0.1, -0.05) is 42.1 Å². The van der Waals surface area contributed by atoms with Crippen LogP contribution in [0.2, 0.25) is 0 Å². The van der Waals surface area contributed by atoms with Crippen LogP contribution < -0.4 is 5.11 Å². The number of rotatable bonds is 4. The van der Waals surface area contributed by atoms with E-state index in [0.717, 1.165) is 22.9 Å². The predicted octanol–water partition coefficient (Wildman–Crippen LogP) is 0.986. The second-order valence-electron chi connectivity index (χ2n) is 3.27. The van der Waals surface area contributed by atoms with Crippen LogP contribution >= 0.6 is 11.8 Å². The molecule has 2 aromatic rings. The maximum absolute atomic E-state index is 10.4. The highest BCUT2D eigenvalue weighted by molar-refractivity contribution is 8.00.